The van der Waals surface area contributed by atoms with Crippen molar-refractivity contribution < 1.29 is 4.79 Å². The Morgan fingerprint density at radius 2 is 2.20 bits per heavy atom. The first-order chi connectivity index (χ1) is 9.70. The van der Waals surface area contributed by atoms with Crippen molar-refractivity contribution in [1.29, 1.82) is 0 Å². The maximum absolute atomic E-state index is 12.0. The Kier molecular flexibility index (Phi) is 4.70. The van der Waals surface area contributed by atoms with Crippen LogP contribution in [0.1, 0.15) is 29.5 Å². The van der Waals surface area contributed by atoms with Crippen molar-refractivity contribution in [3.63, 3.8) is 0 Å². The number of carbonyl (C=O) groups is 1. The first-order valence-corrected chi connectivity index (χ1v) is 6.65. The number of nitrogens with zero attached hydrogens (tertiary/aromatic N) is 3. The van der Waals surface area contributed by atoms with Crippen molar-refractivity contribution in [2.45, 2.75) is 19.9 Å². The Morgan fingerprint density at radius 3 is 2.80 bits per heavy atom. The van der Waals surface area contributed by atoms with Gasteiger partial charge in [-0.3, -0.25) is 4.79 Å². The van der Waals surface area contributed by atoms with Crippen LogP contribution in [0.2, 0.25) is 0 Å². The van der Waals surface area contributed by atoms with Crippen molar-refractivity contribution in [3.05, 3.63) is 42.1 Å². The summed E-state index contributed by atoms with van der Waals surface area (Å²) in [5, 5.41) is 5.99. The van der Waals surface area contributed by atoms with Crippen molar-refractivity contribution >= 4 is 11.7 Å². The number of aryl methyl sites for hydroxylation is 1. The summed E-state index contributed by atoms with van der Waals surface area (Å²) in [6, 6.07) is 3.57. The summed E-state index contributed by atoms with van der Waals surface area (Å²) in [7, 11) is 1.89. The fraction of sp³-hybridized carbons (Fsp3) is 0.357. The maximum atomic E-state index is 12.0. The van der Waals surface area contributed by atoms with Gasteiger partial charge in [-0.1, -0.05) is 6.92 Å². The summed E-state index contributed by atoms with van der Waals surface area (Å²) in [6.07, 6.45) is 6.16. The second kappa shape index (κ2) is 6.70. The molecular formula is C14H19N5O. The lowest BCUT2D eigenvalue weighted by Gasteiger charge is -2.07. The number of pyridine rings is 1. The summed E-state index contributed by atoms with van der Waals surface area (Å²) < 4.78 is 1.87. The summed E-state index contributed by atoms with van der Waals surface area (Å²) in [5.74, 6) is 1.45. The Morgan fingerprint density at radius 1 is 1.35 bits per heavy atom. The molecule has 1 amide bonds. The van der Waals surface area contributed by atoms with E-state index in [1.807, 2.05) is 23.9 Å². The third kappa shape index (κ3) is 3.57. The van der Waals surface area contributed by atoms with E-state index in [0.717, 1.165) is 24.6 Å². The van der Waals surface area contributed by atoms with Gasteiger partial charge >= 0.3 is 0 Å². The van der Waals surface area contributed by atoms with Crippen LogP contribution in [0.25, 0.3) is 0 Å². The molecule has 0 spiro atoms. The number of rotatable bonds is 6. The summed E-state index contributed by atoms with van der Waals surface area (Å²) >= 11 is 0. The van der Waals surface area contributed by atoms with E-state index in [9.17, 15) is 4.79 Å². The molecule has 0 fully saturated rings. The van der Waals surface area contributed by atoms with Crippen LogP contribution in [-0.4, -0.2) is 27.0 Å². The van der Waals surface area contributed by atoms with E-state index in [4.69, 9.17) is 0 Å². The number of carbonyl (C=O) groups excluding carboxylic acids is 1. The highest BCUT2D eigenvalue weighted by Gasteiger charge is 2.07. The highest BCUT2D eigenvalue weighted by atomic mass is 16.1. The van der Waals surface area contributed by atoms with E-state index in [-0.39, 0.29) is 5.91 Å². The molecule has 0 unspecified atom stereocenters. The molecular weight excluding hydrogens is 254 g/mol. The number of imidazole rings is 1. The SMILES string of the molecule is CCCNc1ccc(C(=O)NCc2nccn2C)cn1. The molecule has 0 radical (unpaired) electrons. The van der Waals surface area contributed by atoms with Gasteiger partial charge in [0.1, 0.15) is 11.6 Å². The average Bonchev–Trinajstić information content (AvgIpc) is 2.88. The summed E-state index contributed by atoms with van der Waals surface area (Å²) in [6.45, 7) is 3.36. The minimum Gasteiger partial charge on any atom is -0.370 e. The third-order valence-corrected chi connectivity index (χ3v) is 2.91. The van der Waals surface area contributed by atoms with Gasteiger partial charge in [-0.15, -0.1) is 0 Å². The first kappa shape index (κ1) is 14.0. The second-order valence-corrected chi connectivity index (χ2v) is 4.50. The fourth-order valence-corrected chi connectivity index (χ4v) is 1.71. The van der Waals surface area contributed by atoms with Gasteiger partial charge in [-0.05, 0) is 18.6 Å². The number of aromatic nitrogens is 3. The van der Waals surface area contributed by atoms with Gasteiger partial charge in [0.05, 0.1) is 12.1 Å². The minimum atomic E-state index is -0.150. The van der Waals surface area contributed by atoms with E-state index >= 15 is 0 Å². The van der Waals surface area contributed by atoms with Gasteiger partial charge in [0, 0.05) is 32.2 Å². The van der Waals surface area contributed by atoms with Gasteiger partial charge in [0.25, 0.3) is 5.91 Å². The Bertz CT molecular complexity index is 561. The lowest BCUT2D eigenvalue weighted by molar-refractivity contribution is 0.0949. The number of amides is 1. The van der Waals surface area contributed by atoms with E-state index < -0.39 is 0 Å². The van der Waals surface area contributed by atoms with Crippen LogP contribution in [0.3, 0.4) is 0 Å². The van der Waals surface area contributed by atoms with Gasteiger partial charge in [-0.25, -0.2) is 9.97 Å². The number of nitrogens with one attached hydrogen (secondary N) is 2. The number of hydrogen-bond donors (Lipinski definition) is 2. The molecule has 0 aliphatic rings. The van der Waals surface area contributed by atoms with Crippen molar-refractivity contribution in [3.8, 4) is 0 Å². The molecule has 0 saturated carbocycles. The topological polar surface area (TPSA) is 71.8 Å². The highest BCUT2D eigenvalue weighted by Crippen LogP contribution is 2.05. The molecule has 2 rings (SSSR count). The highest BCUT2D eigenvalue weighted by molar-refractivity contribution is 5.93. The lowest BCUT2D eigenvalue weighted by atomic mass is 10.2. The average molecular weight is 273 g/mol. The molecule has 0 aliphatic carbocycles. The zero-order valence-corrected chi connectivity index (χ0v) is 11.8. The zero-order valence-electron chi connectivity index (χ0n) is 11.8. The number of hydrogen-bond acceptors (Lipinski definition) is 4. The van der Waals surface area contributed by atoms with Crippen LogP contribution < -0.4 is 10.6 Å². The third-order valence-electron chi connectivity index (χ3n) is 2.91. The van der Waals surface area contributed by atoms with Crippen LogP contribution in [-0.2, 0) is 13.6 Å². The number of anilines is 1. The van der Waals surface area contributed by atoms with Crippen LogP contribution in [0, 0.1) is 0 Å². The fourth-order valence-electron chi connectivity index (χ4n) is 1.71. The van der Waals surface area contributed by atoms with Gasteiger partial charge in [0.15, 0.2) is 0 Å². The monoisotopic (exact) mass is 273 g/mol. The zero-order chi connectivity index (χ0) is 14.4. The van der Waals surface area contributed by atoms with Gasteiger partial charge in [-0.2, -0.15) is 0 Å². The smallest absolute Gasteiger partial charge is 0.253 e. The Hall–Kier alpha value is -2.37. The molecule has 2 heterocycles. The molecule has 6 heteroatoms. The molecule has 106 valence electrons. The van der Waals surface area contributed by atoms with Crippen LogP contribution in [0.15, 0.2) is 30.7 Å². The van der Waals surface area contributed by atoms with E-state index in [2.05, 4.69) is 27.5 Å². The lowest BCUT2D eigenvalue weighted by Crippen LogP contribution is -2.24. The molecule has 0 bridgehead atoms. The minimum absolute atomic E-state index is 0.150. The van der Waals surface area contributed by atoms with E-state index in [1.165, 1.54) is 0 Å². The molecule has 2 N–H and O–H groups in total. The van der Waals surface area contributed by atoms with Gasteiger partial charge in [0.2, 0.25) is 0 Å². The van der Waals surface area contributed by atoms with Gasteiger partial charge < -0.3 is 15.2 Å². The largest absolute Gasteiger partial charge is 0.370 e. The Balaban J connectivity index is 1.90. The van der Waals surface area contributed by atoms with Crippen LogP contribution in [0.5, 0.6) is 0 Å². The molecule has 0 saturated heterocycles. The second-order valence-electron chi connectivity index (χ2n) is 4.50. The molecule has 0 aliphatic heterocycles. The first-order valence-electron chi connectivity index (χ1n) is 6.65. The maximum Gasteiger partial charge on any atom is 0.253 e. The Labute approximate surface area is 118 Å². The van der Waals surface area contributed by atoms with Crippen LogP contribution in [0.4, 0.5) is 5.82 Å². The van der Waals surface area contributed by atoms with Crippen molar-refractivity contribution in [2.24, 2.45) is 7.05 Å². The standard InChI is InChI=1S/C14H19N5O/c1-3-6-15-12-5-4-11(9-17-12)14(20)18-10-13-16-7-8-19(13)2/h4-5,7-9H,3,6,10H2,1-2H3,(H,15,17)(H,18,20). The molecule has 2 aromatic rings. The normalized spacial score (nSPS) is 10.3. The summed E-state index contributed by atoms with van der Waals surface area (Å²) in [5.41, 5.74) is 0.543. The van der Waals surface area contributed by atoms with Crippen LogP contribution >= 0.6 is 0 Å². The molecule has 2 aromatic heterocycles. The van der Waals surface area contributed by atoms with Crippen molar-refractivity contribution in [2.75, 3.05) is 11.9 Å². The molecule has 0 atom stereocenters. The molecule has 0 aromatic carbocycles. The quantitative estimate of drug-likeness (QED) is 0.838. The molecule has 6 nitrogen and oxygen atoms in total. The molecule has 20 heavy (non-hydrogen) atoms. The van der Waals surface area contributed by atoms with E-state index in [0.29, 0.717) is 12.1 Å². The summed E-state index contributed by atoms with van der Waals surface area (Å²) in [4.78, 5) is 20.3. The van der Waals surface area contributed by atoms with Crippen molar-refractivity contribution in [1.82, 2.24) is 19.9 Å². The van der Waals surface area contributed by atoms with E-state index in [1.54, 1.807) is 18.5 Å². The predicted molar refractivity (Wildman–Crippen MR) is 77.4 cm³/mol. The predicted octanol–water partition coefficient (Wildman–Crippen LogP) is 1.57.